The topological polar surface area (TPSA) is 60.5 Å². The quantitative estimate of drug-likeness (QED) is 0.407. The van der Waals surface area contributed by atoms with Gasteiger partial charge in [0, 0.05) is 34.8 Å². The van der Waals surface area contributed by atoms with Gasteiger partial charge in [0.1, 0.15) is 0 Å². The van der Waals surface area contributed by atoms with Gasteiger partial charge in [-0.15, -0.1) is 0 Å². The number of ketones is 1. The highest BCUT2D eigenvalue weighted by atomic mass is 16.7. The Balaban J connectivity index is 1.44. The van der Waals surface area contributed by atoms with Gasteiger partial charge in [-0.1, -0.05) is 42.5 Å². The highest BCUT2D eigenvalue weighted by molar-refractivity contribution is 6.12. The third-order valence-corrected chi connectivity index (χ3v) is 7.18. The lowest BCUT2D eigenvalue weighted by Crippen LogP contribution is -2.29. The van der Waals surface area contributed by atoms with E-state index in [4.69, 9.17) is 9.47 Å². The molecule has 0 amide bonds. The second-order valence-electron chi connectivity index (χ2n) is 9.08. The van der Waals surface area contributed by atoms with Gasteiger partial charge in [-0.25, -0.2) is 0 Å². The Hall–Kier alpha value is -4.12. The normalized spacial score (nSPS) is 20.6. The van der Waals surface area contributed by atoms with E-state index in [1.165, 1.54) is 5.56 Å². The van der Waals surface area contributed by atoms with Gasteiger partial charge in [-0.3, -0.25) is 9.78 Å². The van der Waals surface area contributed by atoms with Crippen LogP contribution in [0, 0.1) is 0 Å². The van der Waals surface area contributed by atoms with E-state index >= 15 is 0 Å². The fraction of sp³-hybridized carbons (Fsp3) is 0.172. The van der Waals surface area contributed by atoms with Crippen LogP contribution in [0.2, 0.25) is 0 Å². The second kappa shape index (κ2) is 7.45. The largest absolute Gasteiger partial charge is 0.454 e. The number of allylic oxidation sites excluding steroid dienone is 1. The SMILES string of the molecule is O=C1C[C@H](c2ccccc2)CC2=C1[C@@H](c1ccc3c(c1)OCO3)Nc1ccc3ncccc3c12. The van der Waals surface area contributed by atoms with Crippen molar-refractivity contribution in [2.75, 3.05) is 12.1 Å². The van der Waals surface area contributed by atoms with Crippen LogP contribution in [0.3, 0.4) is 0 Å². The summed E-state index contributed by atoms with van der Waals surface area (Å²) >= 11 is 0. The van der Waals surface area contributed by atoms with Crippen molar-refractivity contribution in [3.63, 3.8) is 0 Å². The van der Waals surface area contributed by atoms with E-state index in [-0.39, 0.29) is 24.5 Å². The first-order valence-electron chi connectivity index (χ1n) is 11.6. The molecule has 1 aliphatic carbocycles. The smallest absolute Gasteiger partial charge is 0.231 e. The molecule has 3 aromatic carbocycles. The van der Waals surface area contributed by atoms with Gasteiger partial charge in [0.2, 0.25) is 6.79 Å². The van der Waals surface area contributed by atoms with Crippen LogP contribution in [0.15, 0.2) is 84.6 Å². The number of benzene rings is 3. The maximum Gasteiger partial charge on any atom is 0.231 e. The van der Waals surface area contributed by atoms with Crippen molar-refractivity contribution in [3.05, 3.63) is 101 Å². The highest BCUT2D eigenvalue weighted by Gasteiger charge is 2.39. The molecule has 7 rings (SSSR count). The zero-order chi connectivity index (χ0) is 22.6. The van der Waals surface area contributed by atoms with Crippen molar-refractivity contribution in [1.82, 2.24) is 4.98 Å². The zero-order valence-electron chi connectivity index (χ0n) is 18.5. The molecule has 0 spiro atoms. The average Bonchev–Trinajstić information content (AvgIpc) is 3.36. The van der Waals surface area contributed by atoms with Gasteiger partial charge in [-0.2, -0.15) is 0 Å². The molecule has 34 heavy (non-hydrogen) atoms. The molecule has 0 bridgehead atoms. The number of nitrogens with zero attached hydrogens (tertiary/aromatic N) is 1. The molecule has 4 aromatic rings. The summed E-state index contributed by atoms with van der Waals surface area (Å²) in [5.74, 6) is 1.81. The maximum absolute atomic E-state index is 13.8. The zero-order valence-corrected chi connectivity index (χ0v) is 18.5. The lowest BCUT2D eigenvalue weighted by atomic mass is 9.72. The van der Waals surface area contributed by atoms with E-state index < -0.39 is 0 Å². The molecule has 2 aliphatic heterocycles. The summed E-state index contributed by atoms with van der Waals surface area (Å²) in [6.07, 6.45) is 3.13. The maximum atomic E-state index is 13.8. The minimum absolute atomic E-state index is 0.155. The van der Waals surface area contributed by atoms with E-state index in [9.17, 15) is 4.79 Å². The molecule has 2 atom stereocenters. The Morgan fingerprint density at radius 2 is 1.74 bits per heavy atom. The number of nitrogens with one attached hydrogen (secondary N) is 1. The molecular formula is C29H22N2O3. The van der Waals surface area contributed by atoms with Crippen LogP contribution in [-0.4, -0.2) is 17.6 Å². The number of carbonyl (C=O) groups excluding carboxylic acids is 1. The summed E-state index contributed by atoms with van der Waals surface area (Å²) < 4.78 is 11.1. The van der Waals surface area contributed by atoms with Crippen molar-refractivity contribution in [3.8, 4) is 11.5 Å². The lowest BCUT2D eigenvalue weighted by Gasteiger charge is -2.37. The van der Waals surface area contributed by atoms with Crippen LogP contribution in [-0.2, 0) is 4.79 Å². The summed E-state index contributed by atoms with van der Waals surface area (Å²) in [5.41, 5.74) is 7.26. The number of ether oxygens (including phenoxy) is 2. The summed E-state index contributed by atoms with van der Waals surface area (Å²) in [6.45, 7) is 0.227. The number of fused-ring (bicyclic) bond motifs is 5. The van der Waals surface area contributed by atoms with Gasteiger partial charge in [-0.05, 0) is 59.4 Å². The Kier molecular flexibility index (Phi) is 4.24. The van der Waals surface area contributed by atoms with Gasteiger partial charge < -0.3 is 14.8 Å². The van der Waals surface area contributed by atoms with Crippen molar-refractivity contribution in [2.45, 2.75) is 24.8 Å². The predicted octanol–water partition coefficient (Wildman–Crippen LogP) is 6.03. The van der Waals surface area contributed by atoms with E-state index in [0.717, 1.165) is 56.8 Å². The molecule has 1 aromatic heterocycles. The third kappa shape index (κ3) is 2.93. The third-order valence-electron chi connectivity index (χ3n) is 7.18. The summed E-state index contributed by atoms with van der Waals surface area (Å²) in [6, 6.07) is 24.3. The molecule has 0 radical (unpaired) electrons. The molecule has 5 heteroatoms. The molecule has 5 nitrogen and oxygen atoms in total. The lowest BCUT2D eigenvalue weighted by molar-refractivity contribution is -0.116. The van der Waals surface area contributed by atoms with Crippen molar-refractivity contribution < 1.29 is 14.3 Å². The van der Waals surface area contributed by atoms with E-state index in [1.807, 2.05) is 42.6 Å². The fourth-order valence-corrected chi connectivity index (χ4v) is 5.63. The van der Waals surface area contributed by atoms with Crippen LogP contribution < -0.4 is 14.8 Å². The standard InChI is InChI=1S/C29H22N2O3/c32-24-14-19(17-5-2-1-3-6-17)13-21-27-20-7-4-12-30-22(20)9-10-23(27)31-29(28(21)24)18-8-11-25-26(15-18)34-16-33-25/h1-12,15,19,29,31H,13-14,16H2/t19-,29-/m1/s1. The van der Waals surface area contributed by atoms with Gasteiger partial charge in [0.05, 0.1) is 11.6 Å². The Morgan fingerprint density at radius 3 is 2.65 bits per heavy atom. The number of anilines is 1. The first-order chi connectivity index (χ1) is 16.8. The summed E-state index contributed by atoms with van der Waals surface area (Å²) in [7, 11) is 0. The molecule has 3 heterocycles. The monoisotopic (exact) mass is 446 g/mol. The summed E-state index contributed by atoms with van der Waals surface area (Å²) in [5, 5.41) is 4.75. The molecule has 0 saturated heterocycles. The second-order valence-corrected chi connectivity index (χ2v) is 9.08. The van der Waals surface area contributed by atoms with Crippen LogP contribution in [0.4, 0.5) is 5.69 Å². The minimum atomic E-state index is -0.240. The van der Waals surface area contributed by atoms with Crippen LogP contribution >= 0.6 is 0 Å². The van der Waals surface area contributed by atoms with Crippen LogP contribution in [0.25, 0.3) is 16.5 Å². The van der Waals surface area contributed by atoms with E-state index in [2.05, 4.69) is 46.7 Å². The van der Waals surface area contributed by atoms with Crippen molar-refractivity contribution in [2.24, 2.45) is 0 Å². The number of rotatable bonds is 2. The number of pyridine rings is 1. The number of carbonyl (C=O) groups is 1. The van der Waals surface area contributed by atoms with Gasteiger partial charge in [0.15, 0.2) is 17.3 Å². The van der Waals surface area contributed by atoms with Gasteiger partial charge >= 0.3 is 0 Å². The summed E-state index contributed by atoms with van der Waals surface area (Å²) in [4.78, 5) is 18.4. The van der Waals surface area contributed by atoms with Crippen molar-refractivity contribution in [1.29, 1.82) is 0 Å². The van der Waals surface area contributed by atoms with Gasteiger partial charge in [0.25, 0.3) is 0 Å². The number of hydrogen-bond acceptors (Lipinski definition) is 5. The first-order valence-corrected chi connectivity index (χ1v) is 11.6. The Labute approximate surface area is 197 Å². The number of hydrogen-bond donors (Lipinski definition) is 1. The Bertz CT molecular complexity index is 1490. The predicted molar refractivity (Wildman–Crippen MR) is 131 cm³/mol. The Morgan fingerprint density at radius 1 is 0.853 bits per heavy atom. The average molecular weight is 447 g/mol. The molecule has 166 valence electrons. The van der Waals surface area contributed by atoms with E-state index in [0.29, 0.717) is 6.42 Å². The molecule has 0 fully saturated rings. The minimum Gasteiger partial charge on any atom is -0.454 e. The molecule has 0 saturated carbocycles. The molecule has 1 N–H and O–H groups in total. The first kappa shape index (κ1) is 19.4. The van der Waals surface area contributed by atoms with Crippen LogP contribution in [0.1, 0.15) is 41.5 Å². The number of aromatic nitrogens is 1. The molecule has 0 unspecified atom stereocenters. The van der Waals surface area contributed by atoms with Crippen molar-refractivity contribution >= 4 is 27.9 Å². The highest BCUT2D eigenvalue weighted by Crippen LogP contribution is 2.51. The fourth-order valence-electron chi connectivity index (χ4n) is 5.63. The molecule has 3 aliphatic rings. The molecular weight excluding hydrogens is 424 g/mol. The van der Waals surface area contributed by atoms with E-state index in [1.54, 1.807) is 0 Å². The van der Waals surface area contributed by atoms with Crippen LogP contribution in [0.5, 0.6) is 11.5 Å². The number of Topliss-reactive ketones (excluding diaryl/α,β-unsaturated/α-hetero) is 1.